The van der Waals surface area contributed by atoms with Crippen LogP contribution in [0.4, 0.5) is 0 Å². The molecule has 1 aliphatic rings. The summed E-state index contributed by atoms with van der Waals surface area (Å²) in [5.41, 5.74) is 0. The summed E-state index contributed by atoms with van der Waals surface area (Å²) in [6.45, 7) is 10.5. The molecule has 1 rings (SSSR count). The minimum Gasteiger partial charge on any atom is -0.381 e. The van der Waals surface area contributed by atoms with Crippen LogP contribution in [-0.2, 0) is 9.47 Å². The Bertz CT molecular complexity index is 272. The van der Waals surface area contributed by atoms with Crippen LogP contribution in [0.25, 0.3) is 0 Å². The monoisotopic (exact) mass is 427 g/mol. The standard InChI is InChI=1S/C16H33N3O2.HI/c1-3-5-9-18-16(17-4-2)19-10-6-11-21-14-15-7-12-20-13-8-15;/h15H,3-14H2,1-2H3,(H2,17,18,19);1H. The van der Waals surface area contributed by atoms with Crippen molar-refractivity contribution in [1.29, 1.82) is 0 Å². The number of rotatable bonds is 10. The molecule has 5 nitrogen and oxygen atoms in total. The second-order valence-electron chi connectivity index (χ2n) is 5.53. The molecule has 2 N–H and O–H groups in total. The molecule has 0 aromatic heterocycles. The summed E-state index contributed by atoms with van der Waals surface area (Å²) in [6.07, 6.45) is 5.65. The Kier molecular flexibility index (Phi) is 15.7. The molecule has 1 heterocycles. The predicted molar refractivity (Wildman–Crippen MR) is 103 cm³/mol. The van der Waals surface area contributed by atoms with Gasteiger partial charge in [-0.1, -0.05) is 13.3 Å². The van der Waals surface area contributed by atoms with Gasteiger partial charge in [-0.3, -0.25) is 4.99 Å². The molecule has 0 amide bonds. The molecule has 0 aromatic carbocycles. The van der Waals surface area contributed by atoms with Gasteiger partial charge >= 0.3 is 0 Å². The van der Waals surface area contributed by atoms with Crippen molar-refractivity contribution in [1.82, 2.24) is 10.6 Å². The van der Waals surface area contributed by atoms with Gasteiger partial charge in [-0.05, 0) is 38.5 Å². The third-order valence-electron chi connectivity index (χ3n) is 3.58. The Balaban J connectivity index is 0.00000441. The summed E-state index contributed by atoms with van der Waals surface area (Å²) in [5.74, 6) is 1.62. The van der Waals surface area contributed by atoms with Gasteiger partial charge in [0.1, 0.15) is 0 Å². The van der Waals surface area contributed by atoms with Crippen molar-refractivity contribution >= 4 is 29.9 Å². The van der Waals surface area contributed by atoms with E-state index in [1.54, 1.807) is 0 Å². The largest absolute Gasteiger partial charge is 0.381 e. The van der Waals surface area contributed by atoms with Gasteiger partial charge in [0, 0.05) is 46.1 Å². The van der Waals surface area contributed by atoms with E-state index >= 15 is 0 Å². The SMILES string of the molecule is CCCCNC(=NCCCOCC1CCOCC1)NCC.I. The van der Waals surface area contributed by atoms with Gasteiger partial charge in [-0.15, -0.1) is 24.0 Å². The fourth-order valence-corrected chi connectivity index (χ4v) is 2.25. The van der Waals surface area contributed by atoms with Gasteiger partial charge in [0.25, 0.3) is 0 Å². The zero-order chi connectivity index (χ0) is 15.2. The van der Waals surface area contributed by atoms with E-state index in [4.69, 9.17) is 9.47 Å². The van der Waals surface area contributed by atoms with E-state index in [0.29, 0.717) is 5.92 Å². The molecule has 0 aliphatic carbocycles. The van der Waals surface area contributed by atoms with Crippen LogP contribution in [0.1, 0.15) is 46.0 Å². The molecule has 0 bridgehead atoms. The molecule has 132 valence electrons. The van der Waals surface area contributed by atoms with E-state index in [1.807, 2.05) is 0 Å². The Hall–Kier alpha value is -0.0800. The van der Waals surface area contributed by atoms with Crippen LogP contribution < -0.4 is 10.6 Å². The van der Waals surface area contributed by atoms with Crippen molar-refractivity contribution in [3.63, 3.8) is 0 Å². The second-order valence-corrected chi connectivity index (χ2v) is 5.53. The molecule has 1 saturated heterocycles. The van der Waals surface area contributed by atoms with Gasteiger partial charge < -0.3 is 20.1 Å². The average molecular weight is 427 g/mol. The van der Waals surface area contributed by atoms with Gasteiger partial charge in [-0.2, -0.15) is 0 Å². The third kappa shape index (κ3) is 11.5. The van der Waals surface area contributed by atoms with Crippen LogP contribution in [0, 0.1) is 5.92 Å². The van der Waals surface area contributed by atoms with Crippen LogP contribution in [-0.4, -0.2) is 52.0 Å². The maximum atomic E-state index is 5.75. The topological polar surface area (TPSA) is 54.9 Å². The zero-order valence-electron chi connectivity index (χ0n) is 14.2. The molecule has 0 radical (unpaired) electrons. The smallest absolute Gasteiger partial charge is 0.191 e. The summed E-state index contributed by atoms with van der Waals surface area (Å²) >= 11 is 0. The molecule has 22 heavy (non-hydrogen) atoms. The third-order valence-corrected chi connectivity index (χ3v) is 3.58. The van der Waals surface area contributed by atoms with Crippen molar-refractivity contribution in [3.8, 4) is 0 Å². The fourth-order valence-electron chi connectivity index (χ4n) is 2.25. The van der Waals surface area contributed by atoms with Gasteiger partial charge in [0.2, 0.25) is 0 Å². The molecular weight excluding hydrogens is 393 g/mol. The lowest BCUT2D eigenvalue weighted by Gasteiger charge is -2.21. The highest BCUT2D eigenvalue weighted by atomic mass is 127. The van der Waals surface area contributed by atoms with E-state index in [2.05, 4.69) is 29.5 Å². The zero-order valence-corrected chi connectivity index (χ0v) is 16.6. The Labute approximate surface area is 153 Å². The van der Waals surface area contributed by atoms with Gasteiger partial charge in [0.15, 0.2) is 5.96 Å². The van der Waals surface area contributed by atoms with Crippen LogP contribution in [0.3, 0.4) is 0 Å². The van der Waals surface area contributed by atoms with Crippen LogP contribution in [0.2, 0.25) is 0 Å². The quantitative estimate of drug-likeness (QED) is 0.244. The molecule has 1 fully saturated rings. The van der Waals surface area contributed by atoms with E-state index in [9.17, 15) is 0 Å². The second kappa shape index (κ2) is 15.8. The predicted octanol–water partition coefficient (Wildman–Crippen LogP) is 2.79. The number of nitrogens with one attached hydrogen (secondary N) is 2. The summed E-state index contributed by atoms with van der Waals surface area (Å²) < 4.78 is 11.1. The molecular formula is C16H34IN3O2. The average Bonchev–Trinajstić information content (AvgIpc) is 2.52. The van der Waals surface area contributed by atoms with Crippen LogP contribution in [0.5, 0.6) is 0 Å². The molecule has 0 saturated carbocycles. The van der Waals surface area contributed by atoms with Crippen molar-refractivity contribution in [2.75, 3.05) is 46.1 Å². The normalized spacial score (nSPS) is 16.2. The molecule has 6 heteroatoms. The first-order chi connectivity index (χ1) is 10.4. The molecule has 1 aliphatic heterocycles. The number of nitrogens with zero attached hydrogens (tertiary/aromatic N) is 1. The Morgan fingerprint density at radius 2 is 1.95 bits per heavy atom. The summed E-state index contributed by atoms with van der Waals surface area (Å²) in [6, 6.07) is 0. The van der Waals surface area contributed by atoms with Gasteiger partial charge in [-0.25, -0.2) is 0 Å². The van der Waals surface area contributed by atoms with E-state index in [-0.39, 0.29) is 24.0 Å². The van der Waals surface area contributed by atoms with Crippen molar-refractivity contribution in [3.05, 3.63) is 0 Å². The number of hydrogen-bond donors (Lipinski definition) is 2. The minimum atomic E-state index is 0. The summed E-state index contributed by atoms with van der Waals surface area (Å²) in [4.78, 5) is 4.56. The number of guanidine groups is 1. The maximum absolute atomic E-state index is 5.75. The first-order valence-corrected chi connectivity index (χ1v) is 8.54. The molecule has 0 aromatic rings. The van der Waals surface area contributed by atoms with Crippen LogP contribution >= 0.6 is 24.0 Å². The number of ether oxygens (including phenoxy) is 2. The summed E-state index contributed by atoms with van der Waals surface area (Å²) in [7, 11) is 0. The first kappa shape index (κ1) is 21.9. The highest BCUT2D eigenvalue weighted by Gasteiger charge is 2.13. The highest BCUT2D eigenvalue weighted by molar-refractivity contribution is 14.0. The minimum absolute atomic E-state index is 0. The van der Waals surface area contributed by atoms with Gasteiger partial charge in [0.05, 0.1) is 0 Å². The lowest BCUT2D eigenvalue weighted by atomic mass is 10.0. The highest BCUT2D eigenvalue weighted by Crippen LogP contribution is 2.14. The van der Waals surface area contributed by atoms with Crippen molar-refractivity contribution < 1.29 is 9.47 Å². The van der Waals surface area contributed by atoms with Crippen LogP contribution in [0.15, 0.2) is 4.99 Å². The summed E-state index contributed by atoms with van der Waals surface area (Å²) in [5, 5.41) is 6.62. The van der Waals surface area contributed by atoms with Crippen molar-refractivity contribution in [2.24, 2.45) is 10.9 Å². The van der Waals surface area contributed by atoms with E-state index < -0.39 is 0 Å². The number of hydrogen-bond acceptors (Lipinski definition) is 3. The Morgan fingerprint density at radius 1 is 1.18 bits per heavy atom. The molecule has 0 atom stereocenters. The fraction of sp³-hybridized carbons (Fsp3) is 0.938. The molecule has 0 unspecified atom stereocenters. The van der Waals surface area contributed by atoms with E-state index in [1.165, 1.54) is 12.8 Å². The molecule has 0 spiro atoms. The van der Waals surface area contributed by atoms with Crippen molar-refractivity contribution in [2.45, 2.75) is 46.0 Å². The number of halogens is 1. The lowest BCUT2D eigenvalue weighted by Crippen LogP contribution is -2.37. The number of unbranched alkanes of at least 4 members (excludes halogenated alkanes) is 1. The first-order valence-electron chi connectivity index (χ1n) is 8.54. The number of aliphatic imine (C=N–C) groups is 1. The Morgan fingerprint density at radius 3 is 2.64 bits per heavy atom. The lowest BCUT2D eigenvalue weighted by molar-refractivity contribution is 0.0205. The van der Waals surface area contributed by atoms with E-state index in [0.717, 1.165) is 71.3 Å². The maximum Gasteiger partial charge on any atom is 0.191 e.